The molecule has 5 rings (SSSR count). The van der Waals surface area contributed by atoms with Gasteiger partial charge in [-0.2, -0.15) is 20.1 Å². The molecule has 35 heavy (non-hydrogen) atoms. The molecule has 0 atom stereocenters. The number of ether oxygens (including phenoxy) is 2. The summed E-state index contributed by atoms with van der Waals surface area (Å²) in [6.45, 7) is 4.87. The normalized spacial score (nSPS) is 16.1. The summed E-state index contributed by atoms with van der Waals surface area (Å²) in [5.41, 5.74) is 4.34. The number of rotatable bonds is 8. The van der Waals surface area contributed by atoms with E-state index in [4.69, 9.17) is 14.5 Å². The average molecular weight is 478 g/mol. The highest BCUT2D eigenvalue weighted by Gasteiger charge is 2.21. The van der Waals surface area contributed by atoms with E-state index in [1.807, 2.05) is 24.3 Å². The van der Waals surface area contributed by atoms with Gasteiger partial charge in [-0.15, -0.1) is 0 Å². The zero-order valence-electron chi connectivity index (χ0n) is 19.4. The molecule has 0 amide bonds. The van der Waals surface area contributed by atoms with Crippen molar-refractivity contribution in [3.05, 3.63) is 65.5 Å². The molecule has 3 heterocycles. The van der Waals surface area contributed by atoms with Gasteiger partial charge in [0, 0.05) is 31.7 Å². The Hall–Kier alpha value is -3.79. The van der Waals surface area contributed by atoms with E-state index in [9.17, 15) is 4.39 Å². The van der Waals surface area contributed by atoms with E-state index < -0.39 is 0 Å². The first-order chi connectivity index (χ1) is 17.2. The Bertz CT molecular complexity index is 1150. The molecule has 0 aliphatic carbocycles. The topological polar surface area (TPSA) is 88.0 Å². The van der Waals surface area contributed by atoms with Gasteiger partial charge in [-0.25, -0.2) is 9.82 Å². The lowest BCUT2D eigenvalue weighted by Crippen LogP contribution is -2.38. The van der Waals surface area contributed by atoms with Gasteiger partial charge in [-0.05, 0) is 48.7 Å². The summed E-state index contributed by atoms with van der Waals surface area (Å²) >= 11 is 0. The zero-order chi connectivity index (χ0) is 23.9. The molecular formula is C25H28FN7O2. The Morgan fingerprint density at radius 2 is 1.60 bits per heavy atom. The van der Waals surface area contributed by atoms with E-state index in [2.05, 4.69) is 30.3 Å². The van der Waals surface area contributed by atoms with E-state index in [-0.39, 0.29) is 12.4 Å². The lowest BCUT2D eigenvalue weighted by molar-refractivity contribution is 0.122. The molecule has 2 fully saturated rings. The molecular weight excluding hydrogens is 449 g/mol. The fourth-order valence-corrected chi connectivity index (χ4v) is 3.96. The van der Waals surface area contributed by atoms with Gasteiger partial charge in [-0.1, -0.05) is 18.2 Å². The first kappa shape index (κ1) is 23.0. The number of hydrogen-bond donors (Lipinski definition) is 1. The molecule has 2 saturated heterocycles. The summed E-state index contributed by atoms with van der Waals surface area (Å²) in [6.07, 6.45) is 3.97. The van der Waals surface area contributed by atoms with Crippen molar-refractivity contribution < 1.29 is 13.9 Å². The van der Waals surface area contributed by atoms with Crippen LogP contribution in [0.1, 0.15) is 24.0 Å². The highest BCUT2D eigenvalue weighted by molar-refractivity contribution is 5.80. The summed E-state index contributed by atoms with van der Waals surface area (Å²) in [5, 5.41) is 4.32. The molecule has 0 saturated carbocycles. The Morgan fingerprint density at radius 3 is 2.31 bits per heavy atom. The maximum Gasteiger partial charge on any atom is 0.250 e. The summed E-state index contributed by atoms with van der Waals surface area (Å²) in [5.74, 6) is 2.10. The number of nitrogens with zero attached hydrogens (tertiary/aromatic N) is 6. The quantitative estimate of drug-likeness (QED) is 0.390. The van der Waals surface area contributed by atoms with Gasteiger partial charge in [0.05, 0.1) is 19.4 Å². The van der Waals surface area contributed by atoms with Crippen LogP contribution in [0.2, 0.25) is 0 Å². The fraction of sp³-hybridized carbons (Fsp3) is 0.360. The largest absolute Gasteiger partial charge is 0.489 e. The first-order valence-electron chi connectivity index (χ1n) is 11.8. The number of halogens is 1. The summed E-state index contributed by atoms with van der Waals surface area (Å²) < 4.78 is 24.9. The Morgan fingerprint density at radius 1 is 0.914 bits per heavy atom. The molecule has 2 aromatic carbocycles. The minimum Gasteiger partial charge on any atom is -0.489 e. The van der Waals surface area contributed by atoms with Crippen molar-refractivity contribution in [3.63, 3.8) is 0 Å². The molecule has 1 aromatic heterocycles. The smallest absolute Gasteiger partial charge is 0.250 e. The molecule has 10 heteroatoms. The van der Waals surface area contributed by atoms with Crippen LogP contribution < -0.4 is 20.0 Å². The van der Waals surface area contributed by atoms with Crippen molar-refractivity contribution in [2.24, 2.45) is 5.10 Å². The van der Waals surface area contributed by atoms with E-state index in [1.54, 1.807) is 24.4 Å². The Kier molecular flexibility index (Phi) is 7.28. The fourth-order valence-electron chi connectivity index (χ4n) is 3.96. The molecule has 0 unspecified atom stereocenters. The number of aromatic nitrogens is 3. The van der Waals surface area contributed by atoms with Gasteiger partial charge < -0.3 is 19.3 Å². The Labute approximate surface area is 203 Å². The van der Waals surface area contributed by atoms with Gasteiger partial charge >= 0.3 is 0 Å². The van der Waals surface area contributed by atoms with Gasteiger partial charge in [-0.3, -0.25) is 0 Å². The molecule has 9 nitrogen and oxygen atoms in total. The van der Waals surface area contributed by atoms with Crippen LogP contribution in [0.5, 0.6) is 5.75 Å². The molecule has 0 spiro atoms. The highest BCUT2D eigenvalue weighted by Crippen LogP contribution is 2.21. The minimum atomic E-state index is -0.273. The van der Waals surface area contributed by atoms with Crippen LogP contribution in [0.25, 0.3) is 0 Å². The number of nitrogens with one attached hydrogen (secondary N) is 1. The van der Waals surface area contributed by atoms with Crippen molar-refractivity contribution in [2.75, 3.05) is 54.6 Å². The van der Waals surface area contributed by atoms with Crippen molar-refractivity contribution in [3.8, 4) is 5.75 Å². The standard InChI is InChI=1S/C25H28FN7O2/c26-22-6-2-1-5-20(22)18-35-21-9-7-19(8-10-21)17-27-31-23-28-24(32-11-3-4-12-32)30-25(29-23)33-13-15-34-16-14-33/h1-2,5-10,17H,3-4,11-16,18H2,(H,28,29,30,31)/b27-17+. The van der Waals surface area contributed by atoms with E-state index in [1.165, 1.54) is 6.07 Å². The number of anilines is 3. The van der Waals surface area contributed by atoms with E-state index in [0.29, 0.717) is 42.4 Å². The second kappa shape index (κ2) is 11.1. The molecule has 182 valence electrons. The number of benzene rings is 2. The van der Waals surface area contributed by atoms with Gasteiger partial charge in [0.2, 0.25) is 17.8 Å². The van der Waals surface area contributed by atoms with E-state index in [0.717, 1.165) is 44.6 Å². The van der Waals surface area contributed by atoms with Crippen molar-refractivity contribution in [1.82, 2.24) is 15.0 Å². The highest BCUT2D eigenvalue weighted by atomic mass is 19.1. The molecule has 2 aliphatic heterocycles. The maximum absolute atomic E-state index is 13.7. The molecule has 0 radical (unpaired) electrons. The lowest BCUT2D eigenvalue weighted by atomic mass is 10.2. The minimum absolute atomic E-state index is 0.172. The third-order valence-electron chi connectivity index (χ3n) is 5.91. The number of hydrogen-bond acceptors (Lipinski definition) is 9. The maximum atomic E-state index is 13.7. The van der Waals surface area contributed by atoms with Crippen molar-refractivity contribution in [1.29, 1.82) is 0 Å². The number of hydrazone groups is 1. The van der Waals surface area contributed by atoms with Gasteiger partial charge in [0.1, 0.15) is 18.2 Å². The van der Waals surface area contributed by atoms with E-state index >= 15 is 0 Å². The van der Waals surface area contributed by atoms with Crippen LogP contribution >= 0.6 is 0 Å². The van der Waals surface area contributed by atoms with Crippen LogP contribution in [-0.4, -0.2) is 60.6 Å². The lowest BCUT2D eigenvalue weighted by Gasteiger charge is -2.27. The third-order valence-corrected chi connectivity index (χ3v) is 5.91. The van der Waals surface area contributed by atoms with Crippen molar-refractivity contribution >= 4 is 24.1 Å². The van der Waals surface area contributed by atoms with Crippen LogP contribution in [0, 0.1) is 5.82 Å². The summed E-state index contributed by atoms with van der Waals surface area (Å²) in [7, 11) is 0. The summed E-state index contributed by atoms with van der Waals surface area (Å²) in [6, 6.07) is 14.0. The Balaban J connectivity index is 1.23. The first-order valence-corrected chi connectivity index (χ1v) is 11.8. The number of morpholine rings is 1. The van der Waals surface area contributed by atoms with Gasteiger partial charge in [0.15, 0.2) is 0 Å². The van der Waals surface area contributed by atoms with Gasteiger partial charge in [0.25, 0.3) is 0 Å². The molecule has 2 aliphatic rings. The summed E-state index contributed by atoms with van der Waals surface area (Å²) in [4.78, 5) is 18.2. The SMILES string of the molecule is Fc1ccccc1COc1ccc(/C=N/Nc2nc(N3CCCC3)nc(N3CCOCC3)n2)cc1. The van der Waals surface area contributed by atoms with Crippen LogP contribution in [0.3, 0.4) is 0 Å². The molecule has 3 aromatic rings. The van der Waals surface area contributed by atoms with Crippen LogP contribution in [0.15, 0.2) is 53.6 Å². The second-order valence-corrected chi connectivity index (χ2v) is 8.37. The monoisotopic (exact) mass is 477 g/mol. The van der Waals surface area contributed by atoms with Crippen LogP contribution in [-0.2, 0) is 11.3 Å². The van der Waals surface area contributed by atoms with Crippen LogP contribution in [0.4, 0.5) is 22.2 Å². The van der Waals surface area contributed by atoms with Crippen molar-refractivity contribution in [2.45, 2.75) is 19.4 Å². The molecule has 0 bridgehead atoms. The molecule has 1 N–H and O–H groups in total. The predicted molar refractivity (Wildman–Crippen MR) is 133 cm³/mol. The average Bonchev–Trinajstić information content (AvgIpc) is 3.45. The zero-order valence-corrected chi connectivity index (χ0v) is 19.4. The second-order valence-electron chi connectivity index (χ2n) is 8.37. The third kappa shape index (κ3) is 6.02. The predicted octanol–water partition coefficient (Wildman–Crippen LogP) is 3.47.